The molecule has 0 aliphatic heterocycles. The van der Waals surface area contributed by atoms with E-state index in [2.05, 4.69) is 103 Å². The fraction of sp³-hybridized carbons (Fsp3) is 0.586. The normalized spacial score (nSPS) is 16.5. The van der Waals surface area contributed by atoms with Crippen LogP contribution in [0.2, 0.25) is 0 Å². The van der Waals surface area contributed by atoms with Crippen LogP contribution in [0.5, 0.6) is 0 Å². The standard InChI is InChI=1S/C29H44O2/c1-21(22(2)29(6,7)20-31)26-16-12-11-15-25(26)19-27(24-13-9-8-10-14-24)23(3)28(4,5)17-18-30/h8-16,21-23,27,30-31H,17-20H2,1-7H3/t21-,22?,23?,27-/m1/s1. The number of aliphatic hydroxyl groups is 2. The van der Waals surface area contributed by atoms with Crippen LogP contribution in [0, 0.1) is 22.7 Å². The van der Waals surface area contributed by atoms with E-state index in [0.717, 1.165) is 12.8 Å². The van der Waals surface area contributed by atoms with Gasteiger partial charge >= 0.3 is 0 Å². The minimum absolute atomic E-state index is 0.0436. The molecule has 0 saturated carbocycles. The number of hydrogen-bond acceptors (Lipinski definition) is 2. The molecule has 0 aliphatic carbocycles. The molecule has 172 valence electrons. The lowest BCUT2D eigenvalue weighted by Crippen LogP contribution is -2.31. The van der Waals surface area contributed by atoms with Gasteiger partial charge in [0.1, 0.15) is 0 Å². The van der Waals surface area contributed by atoms with E-state index in [1.54, 1.807) is 0 Å². The van der Waals surface area contributed by atoms with Gasteiger partial charge in [0.15, 0.2) is 0 Å². The van der Waals surface area contributed by atoms with Gasteiger partial charge in [0, 0.05) is 13.2 Å². The molecular weight excluding hydrogens is 380 g/mol. The Labute approximate surface area is 190 Å². The summed E-state index contributed by atoms with van der Waals surface area (Å²) in [5, 5.41) is 19.6. The van der Waals surface area contributed by atoms with Gasteiger partial charge in [-0.3, -0.25) is 0 Å². The van der Waals surface area contributed by atoms with Gasteiger partial charge in [-0.25, -0.2) is 0 Å². The lowest BCUT2D eigenvalue weighted by atomic mass is 9.66. The van der Waals surface area contributed by atoms with E-state index in [-0.39, 0.29) is 24.0 Å². The van der Waals surface area contributed by atoms with Crippen molar-refractivity contribution in [3.8, 4) is 0 Å². The summed E-state index contributed by atoms with van der Waals surface area (Å²) in [7, 11) is 0. The highest BCUT2D eigenvalue weighted by molar-refractivity contribution is 5.34. The molecule has 2 heteroatoms. The Morgan fingerprint density at radius 1 is 0.742 bits per heavy atom. The Bertz CT molecular complexity index is 793. The summed E-state index contributed by atoms with van der Waals surface area (Å²) in [6.07, 6.45) is 1.78. The predicted molar refractivity (Wildman–Crippen MR) is 132 cm³/mol. The Morgan fingerprint density at radius 3 is 1.90 bits per heavy atom. The molecule has 2 N–H and O–H groups in total. The van der Waals surface area contributed by atoms with Crippen LogP contribution in [0.25, 0.3) is 0 Å². The van der Waals surface area contributed by atoms with Crippen molar-refractivity contribution in [3.05, 3.63) is 71.3 Å². The fourth-order valence-corrected chi connectivity index (χ4v) is 4.84. The molecule has 0 aromatic heterocycles. The van der Waals surface area contributed by atoms with Crippen LogP contribution >= 0.6 is 0 Å². The number of benzene rings is 2. The first-order chi connectivity index (χ1) is 14.5. The van der Waals surface area contributed by atoms with Crippen molar-refractivity contribution in [2.24, 2.45) is 22.7 Å². The molecule has 0 aliphatic rings. The van der Waals surface area contributed by atoms with Gasteiger partial charge in [0.25, 0.3) is 0 Å². The molecule has 2 rings (SSSR count). The average molecular weight is 425 g/mol. The molecule has 2 unspecified atom stereocenters. The lowest BCUT2D eigenvalue weighted by Gasteiger charge is -2.39. The highest BCUT2D eigenvalue weighted by Crippen LogP contribution is 2.44. The molecule has 31 heavy (non-hydrogen) atoms. The van der Waals surface area contributed by atoms with Crippen LogP contribution in [-0.2, 0) is 6.42 Å². The molecule has 2 aromatic rings. The second-order valence-corrected chi connectivity index (χ2v) is 10.9. The highest BCUT2D eigenvalue weighted by Gasteiger charge is 2.35. The van der Waals surface area contributed by atoms with Crippen LogP contribution in [0.15, 0.2) is 54.6 Å². The van der Waals surface area contributed by atoms with Gasteiger partial charge in [-0.05, 0) is 64.0 Å². The van der Waals surface area contributed by atoms with Crippen molar-refractivity contribution in [2.45, 2.75) is 73.1 Å². The smallest absolute Gasteiger partial charge is 0.0484 e. The Balaban J connectivity index is 2.44. The van der Waals surface area contributed by atoms with E-state index in [9.17, 15) is 10.2 Å². The Hall–Kier alpha value is -1.64. The molecule has 2 aromatic carbocycles. The molecule has 2 nitrogen and oxygen atoms in total. The largest absolute Gasteiger partial charge is 0.396 e. The zero-order valence-corrected chi connectivity index (χ0v) is 20.7. The summed E-state index contributed by atoms with van der Waals surface area (Å²) in [6.45, 7) is 16.2. The lowest BCUT2D eigenvalue weighted by molar-refractivity contribution is 0.0924. The first kappa shape index (κ1) is 25.6. The van der Waals surface area contributed by atoms with Gasteiger partial charge in [-0.2, -0.15) is 0 Å². The molecule has 0 amide bonds. The molecule has 0 saturated heterocycles. The van der Waals surface area contributed by atoms with E-state index < -0.39 is 0 Å². The van der Waals surface area contributed by atoms with E-state index in [1.165, 1.54) is 16.7 Å². The second-order valence-electron chi connectivity index (χ2n) is 10.9. The highest BCUT2D eigenvalue weighted by atomic mass is 16.3. The summed E-state index contributed by atoms with van der Waals surface area (Å²) in [6, 6.07) is 19.7. The van der Waals surface area contributed by atoms with Crippen LogP contribution in [0.1, 0.15) is 83.4 Å². The maximum Gasteiger partial charge on any atom is 0.0484 e. The monoisotopic (exact) mass is 424 g/mol. The molecule has 0 spiro atoms. The Morgan fingerprint density at radius 2 is 1.32 bits per heavy atom. The minimum Gasteiger partial charge on any atom is -0.396 e. The zero-order valence-electron chi connectivity index (χ0n) is 20.7. The Kier molecular flexibility index (Phi) is 8.92. The van der Waals surface area contributed by atoms with E-state index in [0.29, 0.717) is 23.7 Å². The molecule has 0 radical (unpaired) electrons. The van der Waals surface area contributed by atoms with Crippen molar-refractivity contribution in [1.82, 2.24) is 0 Å². The van der Waals surface area contributed by atoms with Crippen LogP contribution in [0.4, 0.5) is 0 Å². The molecule has 0 fully saturated rings. The third kappa shape index (κ3) is 6.20. The zero-order chi connectivity index (χ0) is 23.2. The maximum absolute atomic E-state index is 9.92. The fourth-order valence-electron chi connectivity index (χ4n) is 4.84. The summed E-state index contributed by atoms with van der Waals surface area (Å²) < 4.78 is 0. The van der Waals surface area contributed by atoms with Gasteiger partial charge in [-0.15, -0.1) is 0 Å². The molecule has 4 atom stereocenters. The van der Waals surface area contributed by atoms with Crippen LogP contribution in [0.3, 0.4) is 0 Å². The quantitative estimate of drug-likeness (QED) is 0.416. The van der Waals surface area contributed by atoms with Crippen LogP contribution in [-0.4, -0.2) is 23.4 Å². The van der Waals surface area contributed by atoms with E-state index in [1.807, 2.05) is 0 Å². The summed E-state index contributed by atoms with van der Waals surface area (Å²) >= 11 is 0. The van der Waals surface area contributed by atoms with Crippen molar-refractivity contribution < 1.29 is 10.2 Å². The molecule has 0 bridgehead atoms. The topological polar surface area (TPSA) is 40.5 Å². The minimum atomic E-state index is -0.123. The van der Waals surface area contributed by atoms with Gasteiger partial charge in [0.2, 0.25) is 0 Å². The van der Waals surface area contributed by atoms with Crippen molar-refractivity contribution in [2.75, 3.05) is 13.2 Å². The third-order valence-corrected chi connectivity index (χ3v) is 8.20. The predicted octanol–water partition coefficient (Wildman–Crippen LogP) is 6.82. The number of rotatable bonds is 11. The summed E-state index contributed by atoms with van der Waals surface area (Å²) in [5.41, 5.74) is 4.08. The van der Waals surface area contributed by atoms with E-state index >= 15 is 0 Å². The SMILES string of the molecule is CC([C@@H](C)c1ccccc1C[C@@H](c1ccccc1)C(C)C(C)(C)CCO)C(C)(C)CO. The second kappa shape index (κ2) is 10.8. The van der Waals surface area contributed by atoms with Crippen LogP contribution < -0.4 is 0 Å². The van der Waals surface area contributed by atoms with Gasteiger partial charge < -0.3 is 10.2 Å². The molecular formula is C29H44O2. The number of hydrogen-bond donors (Lipinski definition) is 2. The van der Waals surface area contributed by atoms with Crippen molar-refractivity contribution >= 4 is 0 Å². The van der Waals surface area contributed by atoms with Crippen molar-refractivity contribution in [3.63, 3.8) is 0 Å². The van der Waals surface area contributed by atoms with E-state index in [4.69, 9.17) is 0 Å². The first-order valence-corrected chi connectivity index (χ1v) is 11.9. The average Bonchev–Trinajstić information content (AvgIpc) is 2.76. The summed E-state index contributed by atoms with van der Waals surface area (Å²) in [5.74, 6) is 1.50. The number of aliphatic hydroxyl groups excluding tert-OH is 2. The summed E-state index contributed by atoms with van der Waals surface area (Å²) in [4.78, 5) is 0. The van der Waals surface area contributed by atoms with Crippen molar-refractivity contribution in [1.29, 1.82) is 0 Å². The first-order valence-electron chi connectivity index (χ1n) is 11.9. The van der Waals surface area contributed by atoms with Gasteiger partial charge in [0.05, 0.1) is 0 Å². The van der Waals surface area contributed by atoms with Gasteiger partial charge in [-0.1, -0.05) is 103 Å². The third-order valence-electron chi connectivity index (χ3n) is 8.20. The maximum atomic E-state index is 9.92. The molecule has 0 heterocycles.